The topological polar surface area (TPSA) is 9.23 Å². The van der Waals surface area contributed by atoms with Crippen LogP contribution in [0.2, 0.25) is 0 Å². The highest BCUT2D eigenvalue weighted by molar-refractivity contribution is 7.80. The summed E-state index contributed by atoms with van der Waals surface area (Å²) in [6.45, 7) is 6.87. The minimum absolute atomic E-state index is 0.0357. The second-order valence-electron chi connectivity index (χ2n) is 4.80. The summed E-state index contributed by atoms with van der Waals surface area (Å²) in [5, 5.41) is 0. The van der Waals surface area contributed by atoms with Gasteiger partial charge >= 0.3 is 0 Å². The van der Waals surface area contributed by atoms with E-state index >= 15 is 0 Å². The van der Waals surface area contributed by atoms with E-state index in [9.17, 15) is 0 Å². The van der Waals surface area contributed by atoms with Gasteiger partial charge in [0.1, 0.15) is 0 Å². The Morgan fingerprint density at radius 1 is 0.882 bits per heavy atom. The van der Waals surface area contributed by atoms with E-state index < -0.39 is 0 Å². The zero-order valence-electron chi connectivity index (χ0n) is 11.6. The predicted octanol–water partition coefficient (Wildman–Crippen LogP) is 5.40. The van der Waals surface area contributed by atoms with E-state index in [0.717, 1.165) is 13.0 Å². The highest BCUT2D eigenvalue weighted by Gasteiger charge is 1.98. The molecule has 0 aliphatic carbocycles. The van der Waals surface area contributed by atoms with Crippen molar-refractivity contribution < 1.29 is 4.74 Å². The molecule has 0 saturated heterocycles. The van der Waals surface area contributed by atoms with Crippen molar-refractivity contribution in [3.63, 3.8) is 0 Å². The summed E-state index contributed by atoms with van der Waals surface area (Å²) >= 11 is 4.24. The Balaban J connectivity index is 2.94. The van der Waals surface area contributed by atoms with Crippen LogP contribution in [0.4, 0.5) is 0 Å². The van der Waals surface area contributed by atoms with E-state index in [4.69, 9.17) is 4.74 Å². The third-order valence-corrected chi connectivity index (χ3v) is 3.46. The highest BCUT2D eigenvalue weighted by atomic mass is 32.1. The molecule has 103 valence electrons. The van der Waals surface area contributed by atoms with Crippen molar-refractivity contribution in [3.8, 4) is 0 Å². The van der Waals surface area contributed by atoms with Crippen LogP contribution < -0.4 is 0 Å². The molecule has 0 heterocycles. The van der Waals surface area contributed by atoms with Gasteiger partial charge in [-0.2, -0.15) is 0 Å². The third-order valence-electron chi connectivity index (χ3n) is 3.06. The maximum absolute atomic E-state index is 5.46. The fourth-order valence-electron chi connectivity index (χ4n) is 1.89. The van der Waals surface area contributed by atoms with Gasteiger partial charge in [0, 0.05) is 6.61 Å². The molecule has 0 fully saturated rings. The number of ether oxygens (including phenoxy) is 1. The highest BCUT2D eigenvalue weighted by Crippen LogP contribution is 2.11. The summed E-state index contributed by atoms with van der Waals surface area (Å²) < 4.78 is 5.46. The summed E-state index contributed by atoms with van der Waals surface area (Å²) in [5.74, 6) is 0. The molecule has 0 aliphatic rings. The van der Waals surface area contributed by atoms with Gasteiger partial charge in [-0.3, -0.25) is 0 Å². The molecule has 0 aromatic rings. The van der Waals surface area contributed by atoms with E-state index in [1.54, 1.807) is 0 Å². The minimum atomic E-state index is 0.0357. The quantitative estimate of drug-likeness (QED) is 0.264. The first-order valence-corrected chi connectivity index (χ1v) is 7.91. The van der Waals surface area contributed by atoms with Crippen LogP contribution in [0.3, 0.4) is 0 Å². The molecule has 0 spiro atoms. The van der Waals surface area contributed by atoms with Gasteiger partial charge < -0.3 is 4.74 Å². The summed E-state index contributed by atoms with van der Waals surface area (Å²) in [6, 6.07) is 0. The first kappa shape index (κ1) is 17.3. The summed E-state index contributed by atoms with van der Waals surface area (Å²) in [6.07, 6.45) is 14.4. The van der Waals surface area contributed by atoms with Crippen molar-refractivity contribution in [2.45, 2.75) is 83.0 Å². The lowest BCUT2D eigenvalue weighted by atomic mass is 10.1. The lowest BCUT2D eigenvalue weighted by molar-refractivity contribution is 0.111. The van der Waals surface area contributed by atoms with Gasteiger partial charge in [-0.15, -0.1) is 12.6 Å². The smallest absolute Gasteiger partial charge is 0.0999 e. The van der Waals surface area contributed by atoms with Crippen molar-refractivity contribution in [1.82, 2.24) is 0 Å². The Hall–Kier alpha value is 0.310. The summed E-state index contributed by atoms with van der Waals surface area (Å²) in [5.41, 5.74) is 0.0357. The number of thiol groups is 1. The molecule has 0 aromatic carbocycles. The largest absolute Gasteiger partial charge is 0.368 e. The molecule has 1 radical (unpaired) electrons. The van der Waals surface area contributed by atoms with Crippen LogP contribution in [-0.4, -0.2) is 12.0 Å². The van der Waals surface area contributed by atoms with Gasteiger partial charge in [0.2, 0.25) is 0 Å². The SMILES string of the molecule is [CH2]CC(S)OCCCCCCCCCCCC. The standard InChI is InChI=1S/C15H31OS/c1-3-5-6-7-8-9-10-11-12-13-14-16-15(17)4-2/h15,17H,2-14H2,1H3. The average Bonchev–Trinajstić information content (AvgIpc) is 2.35. The molecule has 0 amide bonds. The normalized spacial score (nSPS) is 12.9. The van der Waals surface area contributed by atoms with Crippen LogP contribution >= 0.6 is 12.6 Å². The maximum atomic E-state index is 5.46. The maximum Gasteiger partial charge on any atom is 0.0999 e. The monoisotopic (exact) mass is 259 g/mol. The van der Waals surface area contributed by atoms with Crippen molar-refractivity contribution in [2.75, 3.05) is 6.61 Å². The first-order chi connectivity index (χ1) is 8.31. The molecule has 0 bridgehead atoms. The number of hydrogen-bond donors (Lipinski definition) is 1. The number of unbranched alkanes of at least 4 members (excludes halogenated alkanes) is 9. The van der Waals surface area contributed by atoms with Crippen LogP contribution in [0.5, 0.6) is 0 Å². The van der Waals surface area contributed by atoms with Crippen molar-refractivity contribution >= 4 is 12.6 Å². The van der Waals surface area contributed by atoms with Gasteiger partial charge in [-0.25, -0.2) is 0 Å². The van der Waals surface area contributed by atoms with Crippen molar-refractivity contribution in [3.05, 3.63) is 6.92 Å². The zero-order chi connectivity index (χ0) is 12.8. The molecular weight excluding hydrogens is 228 g/mol. The van der Waals surface area contributed by atoms with E-state index in [-0.39, 0.29) is 5.44 Å². The molecule has 0 saturated carbocycles. The molecule has 1 atom stereocenters. The van der Waals surface area contributed by atoms with E-state index in [1.165, 1.54) is 64.2 Å². The molecule has 0 aliphatic heterocycles. The van der Waals surface area contributed by atoms with Crippen LogP contribution in [-0.2, 0) is 4.74 Å². The van der Waals surface area contributed by atoms with Gasteiger partial charge in [0.05, 0.1) is 5.44 Å². The second kappa shape index (κ2) is 14.4. The second-order valence-corrected chi connectivity index (χ2v) is 5.37. The lowest BCUT2D eigenvalue weighted by Crippen LogP contribution is -2.04. The van der Waals surface area contributed by atoms with Crippen LogP contribution in [0.25, 0.3) is 0 Å². The fourth-order valence-corrected chi connectivity index (χ4v) is 2.00. The Morgan fingerprint density at radius 3 is 1.82 bits per heavy atom. The molecule has 17 heavy (non-hydrogen) atoms. The fraction of sp³-hybridized carbons (Fsp3) is 0.933. The number of rotatable bonds is 13. The van der Waals surface area contributed by atoms with Crippen molar-refractivity contribution in [1.29, 1.82) is 0 Å². The summed E-state index contributed by atoms with van der Waals surface area (Å²) in [4.78, 5) is 0. The van der Waals surface area contributed by atoms with Crippen LogP contribution in [0.15, 0.2) is 0 Å². The van der Waals surface area contributed by atoms with E-state index in [0.29, 0.717) is 0 Å². The van der Waals surface area contributed by atoms with Gasteiger partial charge in [-0.05, 0) is 19.8 Å². The Kier molecular flexibility index (Phi) is 14.6. The Bertz CT molecular complexity index is 139. The first-order valence-electron chi connectivity index (χ1n) is 7.40. The molecule has 0 aromatic heterocycles. The predicted molar refractivity (Wildman–Crippen MR) is 80.5 cm³/mol. The third kappa shape index (κ3) is 14.2. The summed E-state index contributed by atoms with van der Waals surface area (Å²) in [7, 11) is 0. The van der Waals surface area contributed by atoms with Gasteiger partial charge in [-0.1, -0.05) is 64.7 Å². The molecule has 2 heteroatoms. The minimum Gasteiger partial charge on any atom is -0.368 e. The molecular formula is C15H31OS. The average molecular weight is 259 g/mol. The van der Waals surface area contributed by atoms with Gasteiger partial charge in [0.15, 0.2) is 0 Å². The van der Waals surface area contributed by atoms with E-state index in [2.05, 4.69) is 26.5 Å². The molecule has 1 unspecified atom stereocenters. The Labute approximate surface area is 114 Å². The van der Waals surface area contributed by atoms with Crippen LogP contribution in [0.1, 0.15) is 77.6 Å². The number of hydrogen-bond acceptors (Lipinski definition) is 2. The lowest BCUT2D eigenvalue weighted by Gasteiger charge is -2.09. The molecule has 1 nitrogen and oxygen atoms in total. The van der Waals surface area contributed by atoms with Crippen molar-refractivity contribution in [2.24, 2.45) is 0 Å². The van der Waals surface area contributed by atoms with Gasteiger partial charge in [0.25, 0.3) is 0 Å². The zero-order valence-corrected chi connectivity index (χ0v) is 12.5. The van der Waals surface area contributed by atoms with Crippen LogP contribution in [0, 0.1) is 6.92 Å². The van der Waals surface area contributed by atoms with E-state index in [1.807, 2.05) is 0 Å². The molecule has 0 N–H and O–H groups in total. The Morgan fingerprint density at radius 2 is 1.35 bits per heavy atom. The molecule has 0 rings (SSSR count).